The van der Waals surface area contributed by atoms with E-state index < -0.39 is 6.10 Å². The van der Waals surface area contributed by atoms with Crippen LogP contribution in [0.15, 0.2) is 24.5 Å². The summed E-state index contributed by atoms with van der Waals surface area (Å²) in [7, 11) is 0. The minimum Gasteiger partial charge on any atom is -0.389 e. The van der Waals surface area contributed by atoms with E-state index in [9.17, 15) is 5.11 Å². The van der Waals surface area contributed by atoms with Gasteiger partial charge in [-0.15, -0.1) is 0 Å². The van der Waals surface area contributed by atoms with E-state index in [0.717, 1.165) is 13.0 Å². The highest BCUT2D eigenvalue weighted by molar-refractivity contribution is 5.08. The van der Waals surface area contributed by atoms with Crippen LogP contribution in [0.4, 0.5) is 0 Å². The maximum atomic E-state index is 9.71. The van der Waals surface area contributed by atoms with Crippen LogP contribution >= 0.6 is 0 Å². The first-order valence-electron chi connectivity index (χ1n) is 7.15. The minimum absolute atomic E-state index is 0.220. The number of pyridine rings is 1. The van der Waals surface area contributed by atoms with Gasteiger partial charge in [0.2, 0.25) is 0 Å². The lowest BCUT2D eigenvalue weighted by molar-refractivity contribution is -0.00989. The Balaban J connectivity index is 1.93. The van der Waals surface area contributed by atoms with Crippen LogP contribution in [-0.4, -0.2) is 55.2 Å². The van der Waals surface area contributed by atoms with E-state index in [1.54, 1.807) is 6.20 Å². The van der Waals surface area contributed by atoms with Crippen molar-refractivity contribution in [3.05, 3.63) is 30.1 Å². The molecule has 0 aliphatic carbocycles. The van der Waals surface area contributed by atoms with Crippen LogP contribution in [0.3, 0.4) is 0 Å². The molecule has 1 aromatic heterocycles. The van der Waals surface area contributed by atoms with E-state index in [0.29, 0.717) is 26.4 Å². The first kappa shape index (κ1) is 17.0. The summed E-state index contributed by atoms with van der Waals surface area (Å²) in [4.78, 5) is 4.06. The molecule has 0 aromatic carbocycles. The summed E-state index contributed by atoms with van der Waals surface area (Å²) in [6.07, 6.45) is 4.27. The van der Waals surface area contributed by atoms with Crippen molar-refractivity contribution in [3.63, 3.8) is 0 Å². The fourth-order valence-corrected chi connectivity index (χ4v) is 1.67. The van der Waals surface area contributed by atoms with Gasteiger partial charge < -0.3 is 19.9 Å². The molecule has 0 amide bonds. The van der Waals surface area contributed by atoms with Crippen LogP contribution in [-0.2, 0) is 15.9 Å². The Labute approximate surface area is 121 Å². The SMILES string of the molecule is CC(C)OCCOCC(O)CNCCc1cccnc1. The van der Waals surface area contributed by atoms with Gasteiger partial charge in [0.05, 0.1) is 32.0 Å². The Morgan fingerprint density at radius 2 is 2.20 bits per heavy atom. The molecule has 0 aliphatic rings. The predicted molar refractivity (Wildman–Crippen MR) is 78.7 cm³/mol. The molecule has 2 N–H and O–H groups in total. The van der Waals surface area contributed by atoms with Crippen LogP contribution < -0.4 is 5.32 Å². The van der Waals surface area contributed by atoms with Crippen LogP contribution in [0.5, 0.6) is 0 Å². The molecule has 20 heavy (non-hydrogen) atoms. The fraction of sp³-hybridized carbons (Fsp3) is 0.667. The van der Waals surface area contributed by atoms with Crippen LogP contribution in [0.1, 0.15) is 19.4 Å². The second kappa shape index (κ2) is 10.7. The number of hydrogen-bond acceptors (Lipinski definition) is 5. The smallest absolute Gasteiger partial charge is 0.0897 e. The number of nitrogens with one attached hydrogen (secondary N) is 1. The van der Waals surface area contributed by atoms with Crippen molar-refractivity contribution in [2.24, 2.45) is 0 Å². The van der Waals surface area contributed by atoms with Gasteiger partial charge in [0.15, 0.2) is 0 Å². The Morgan fingerprint density at radius 3 is 2.90 bits per heavy atom. The summed E-state index contributed by atoms with van der Waals surface area (Å²) < 4.78 is 10.7. The lowest BCUT2D eigenvalue weighted by atomic mass is 10.2. The molecule has 0 saturated heterocycles. The van der Waals surface area contributed by atoms with Crippen LogP contribution in [0.2, 0.25) is 0 Å². The Kier molecular flexibility index (Phi) is 9.15. The molecule has 114 valence electrons. The highest BCUT2D eigenvalue weighted by Crippen LogP contribution is 1.95. The van der Waals surface area contributed by atoms with Crippen molar-refractivity contribution in [1.82, 2.24) is 10.3 Å². The quantitative estimate of drug-likeness (QED) is 0.593. The van der Waals surface area contributed by atoms with Gasteiger partial charge in [-0.1, -0.05) is 6.07 Å². The predicted octanol–water partition coefficient (Wildman–Crippen LogP) is 1.02. The third kappa shape index (κ3) is 8.98. The van der Waals surface area contributed by atoms with Gasteiger partial charge >= 0.3 is 0 Å². The Morgan fingerprint density at radius 1 is 1.35 bits per heavy atom. The number of aromatic nitrogens is 1. The summed E-state index contributed by atoms with van der Waals surface area (Å²) in [5.74, 6) is 0. The summed E-state index contributed by atoms with van der Waals surface area (Å²) in [6.45, 7) is 6.75. The molecule has 5 nitrogen and oxygen atoms in total. The normalized spacial score (nSPS) is 12.8. The van der Waals surface area contributed by atoms with Crippen molar-refractivity contribution in [2.45, 2.75) is 32.5 Å². The monoisotopic (exact) mass is 282 g/mol. The van der Waals surface area contributed by atoms with Gasteiger partial charge in [0.25, 0.3) is 0 Å². The van der Waals surface area contributed by atoms with Crippen LogP contribution in [0, 0.1) is 0 Å². The first-order chi connectivity index (χ1) is 9.68. The molecule has 0 spiro atoms. The number of ether oxygens (including phenoxy) is 2. The Bertz CT molecular complexity index is 333. The fourth-order valence-electron chi connectivity index (χ4n) is 1.67. The summed E-state index contributed by atoms with van der Waals surface area (Å²) >= 11 is 0. The zero-order valence-corrected chi connectivity index (χ0v) is 12.4. The van der Waals surface area contributed by atoms with E-state index in [2.05, 4.69) is 10.3 Å². The van der Waals surface area contributed by atoms with Crippen molar-refractivity contribution in [3.8, 4) is 0 Å². The van der Waals surface area contributed by atoms with Gasteiger partial charge in [-0.05, 0) is 38.4 Å². The lowest BCUT2D eigenvalue weighted by Gasteiger charge is -2.13. The largest absolute Gasteiger partial charge is 0.389 e. The summed E-state index contributed by atoms with van der Waals surface area (Å²) in [6, 6.07) is 3.97. The Hall–Kier alpha value is -1.01. The maximum absolute atomic E-state index is 9.71. The van der Waals surface area contributed by atoms with Gasteiger partial charge in [-0.25, -0.2) is 0 Å². The van der Waals surface area contributed by atoms with Crippen molar-refractivity contribution in [1.29, 1.82) is 0 Å². The molecule has 0 fully saturated rings. The second-order valence-electron chi connectivity index (χ2n) is 4.96. The third-order valence-electron chi connectivity index (χ3n) is 2.68. The number of nitrogens with zero attached hydrogens (tertiary/aromatic N) is 1. The summed E-state index contributed by atoms with van der Waals surface area (Å²) in [5.41, 5.74) is 1.19. The molecular formula is C15H26N2O3. The molecule has 0 aliphatic heterocycles. The van der Waals surface area contributed by atoms with Crippen LogP contribution in [0.25, 0.3) is 0 Å². The number of aliphatic hydroxyl groups excluding tert-OH is 1. The molecule has 0 saturated carbocycles. The molecule has 0 radical (unpaired) electrons. The summed E-state index contributed by atoms with van der Waals surface area (Å²) in [5, 5.41) is 12.9. The number of aliphatic hydroxyl groups is 1. The van der Waals surface area contributed by atoms with E-state index >= 15 is 0 Å². The standard InChI is InChI=1S/C15H26N2O3/c1-13(2)20-9-8-19-12-15(18)11-17-7-5-14-4-3-6-16-10-14/h3-4,6,10,13,15,17-18H,5,7-9,11-12H2,1-2H3. The molecular weight excluding hydrogens is 256 g/mol. The van der Waals surface area contributed by atoms with Gasteiger partial charge in [-0.2, -0.15) is 0 Å². The molecule has 1 heterocycles. The average Bonchev–Trinajstić information content (AvgIpc) is 2.44. The van der Waals surface area contributed by atoms with Crippen molar-refractivity contribution in [2.75, 3.05) is 32.9 Å². The zero-order valence-electron chi connectivity index (χ0n) is 12.4. The molecule has 1 aromatic rings. The minimum atomic E-state index is -0.483. The molecule has 1 rings (SSSR count). The zero-order chi connectivity index (χ0) is 14.6. The highest BCUT2D eigenvalue weighted by Gasteiger charge is 2.03. The van der Waals surface area contributed by atoms with E-state index in [-0.39, 0.29) is 6.10 Å². The van der Waals surface area contributed by atoms with Gasteiger partial charge in [0, 0.05) is 18.9 Å². The number of rotatable bonds is 11. The van der Waals surface area contributed by atoms with Crippen molar-refractivity contribution < 1.29 is 14.6 Å². The average molecular weight is 282 g/mol. The van der Waals surface area contributed by atoms with E-state index in [4.69, 9.17) is 9.47 Å². The molecule has 1 unspecified atom stereocenters. The van der Waals surface area contributed by atoms with E-state index in [1.807, 2.05) is 32.2 Å². The van der Waals surface area contributed by atoms with Gasteiger partial charge in [-0.3, -0.25) is 4.98 Å². The van der Waals surface area contributed by atoms with Crippen molar-refractivity contribution >= 4 is 0 Å². The first-order valence-corrected chi connectivity index (χ1v) is 7.15. The topological polar surface area (TPSA) is 63.6 Å². The molecule has 0 bridgehead atoms. The third-order valence-corrected chi connectivity index (χ3v) is 2.68. The molecule has 1 atom stereocenters. The molecule has 5 heteroatoms. The maximum Gasteiger partial charge on any atom is 0.0897 e. The number of hydrogen-bond donors (Lipinski definition) is 2. The lowest BCUT2D eigenvalue weighted by Crippen LogP contribution is -2.32. The van der Waals surface area contributed by atoms with E-state index in [1.165, 1.54) is 5.56 Å². The van der Waals surface area contributed by atoms with Gasteiger partial charge in [0.1, 0.15) is 0 Å². The highest BCUT2D eigenvalue weighted by atomic mass is 16.5. The second-order valence-corrected chi connectivity index (χ2v) is 4.96.